The molecule has 1 saturated carbocycles. The van der Waals surface area contributed by atoms with E-state index in [9.17, 15) is 10.1 Å². The molecule has 154 valence electrons. The van der Waals surface area contributed by atoms with Crippen LogP contribution in [0.5, 0.6) is 5.75 Å². The molecule has 0 spiro atoms. The van der Waals surface area contributed by atoms with E-state index in [0.717, 1.165) is 37.0 Å². The number of nitriles is 1. The minimum Gasteiger partial charge on any atom is -0.493 e. The fourth-order valence-corrected chi connectivity index (χ4v) is 4.70. The van der Waals surface area contributed by atoms with E-state index in [1.54, 1.807) is 23.9 Å². The highest BCUT2D eigenvalue weighted by molar-refractivity contribution is 6.33. The number of nitrogens with zero attached hydrogens (tertiary/aromatic N) is 5. The van der Waals surface area contributed by atoms with Crippen molar-refractivity contribution in [3.63, 3.8) is 0 Å². The summed E-state index contributed by atoms with van der Waals surface area (Å²) in [4.78, 5) is 22.1. The largest absolute Gasteiger partial charge is 0.493 e. The van der Waals surface area contributed by atoms with Gasteiger partial charge in [0, 0.05) is 19.5 Å². The third kappa shape index (κ3) is 2.84. The minimum absolute atomic E-state index is 0.243. The van der Waals surface area contributed by atoms with E-state index in [-0.39, 0.29) is 5.69 Å². The van der Waals surface area contributed by atoms with Gasteiger partial charge in [0.2, 0.25) is 5.95 Å². The predicted molar refractivity (Wildman–Crippen MR) is 113 cm³/mol. The smallest absolute Gasteiger partial charge is 0.331 e. The number of imidazole rings is 1. The van der Waals surface area contributed by atoms with Crippen LogP contribution in [0.1, 0.15) is 37.7 Å². The summed E-state index contributed by atoms with van der Waals surface area (Å²) in [5.74, 6) is 1.12. The molecule has 0 atom stereocenters. The van der Waals surface area contributed by atoms with Gasteiger partial charge in [-0.25, -0.2) is 9.78 Å². The van der Waals surface area contributed by atoms with Crippen molar-refractivity contribution in [2.45, 2.75) is 44.1 Å². The Balaban J connectivity index is 1.61. The van der Waals surface area contributed by atoms with Gasteiger partial charge >= 0.3 is 5.69 Å². The SMILES string of the molecule is Cn1c(=O)n(C2(C#N)CCCCC2)c2nc(Nc3cc4c(cc3Cl)OCC4)ncc21. The number of benzene rings is 1. The lowest BCUT2D eigenvalue weighted by Gasteiger charge is -2.31. The van der Waals surface area contributed by atoms with Crippen molar-refractivity contribution in [1.82, 2.24) is 19.1 Å². The molecule has 1 N–H and O–H groups in total. The molecule has 1 fully saturated rings. The maximum absolute atomic E-state index is 13.1. The summed E-state index contributed by atoms with van der Waals surface area (Å²) in [5, 5.41) is 13.7. The molecule has 5 rings (SSSR count). The van der Waals surface area contributed by atoms with Crippen LogP contribution in [0.4, 0.5) is 11.6 Å². The third-order valence-corrected chi connectivity index (χ3v) is 6.46. The maximum Gasteiger partial charge on any atom is 0.331 e. The molecule has 0 radical (unpaired) electrons. The van der Waals surface area contributed by atoms with Gasteiger partial charge in [0.25, 0.3) is 0 Å². The van der Waals surface area contributed by atoms with Gasteiger partial charge in [-0.05, 0) is 24.5 Å². The van der Waals surface area contributed by atoms with E-state index < -0.39 is 5.54 Å². The van der Waals surface area contributed by atoms with Crippen molar-refractivity contribution in [2.24, 2.45) is 7.05 Å². The quantitative estimate of drug-likeness (QED) is 0.689. The van der Waals surface area contributed by atoms with Crippen LogP contribution in [0.15, 0.2) is 23.1 Å². The number of hydrogen-bond donors (Lipinski definition) is 1. The molecule has 0 bridgehead atoms. The number of fused-ring (bicyclic) bond motifs is 2. The number of anilines is 2. The topological polar surface area (TPSA) is 97.8 Å². The number of nitrogens with one attached hydrogen (secondary N) is 1. The average molecular weight is 425 g/mol. The lowest BCUT2D eigenvalue weighted by molar-refractivity contribution is 0.264. The number of hydrogen-bond acceptors (Lipinski definition) is 6. The van der Waals surface area contributed by atoms with Crippen molar-refractivity contribution in [3.05, 3.63) is 39.4 Å². The Labute approximate surface area is 178 Å². The van der Waals surface area contributed by atoms with Gasteiger partial charge in [0.15, 0.2) is 5.65 Å². The van der Waals surface area contributed by atoms with Gasteiger partial charge in [-0.1, -0.05) is 30.9 Å². The Hall–Kier alpha value is -3.05. The van der Waals surface area contributed by atoms with E-state index in [1.807, 2.05) is 6.07 Å². The van der Waals surface area contributed by atoms with Crippen LogP contribution >= 0.6 is 11.6 Å². The summed E-state index contributed by atoms with van der Waals surface area (Å²) in [7, 11) is 1.68. The second-order valence-electron chi connectivity index (χ2n) is 7.95. The number of rotatable bonds is 3. The molecule has 9 heteroatoms. The molecule has 2 aliphatic rings. The van der Waals surface area contributed by atoms with Crippen LogP contribution in [0.2, 0.25) is 5.02 Å². The minimum atomic E-state index is -0.872. The van der Waals surface area contributed by atoms with E-state index in [0.29, 0.717) is 47.3 Å². The summed E-state index contributed by atoms with van der Waals surface area (Å²) < 4.78 is 8.62. The number of aryl methyl sites for hydroxylation is 1. The van der Waals surface area contributed by atoms with E-state index in [4.69, 9.17) is 16.3 Å². The van der Waals surface area contributed by atoms with Gasteiger partial charge in [-0.2, -0.15) is 10.2 Å². The maximum atomic E-state index is 13.1. The van der Waals surface area contributed by atoms with E-state index in [1.165, 1.54) is 4.57 Å². The van der Waals surface area contributed by atoms with Crippen molar-refractivity contribution >= 4 is 34.4 Å². The highest BCUT2D eigenvalue weighted by Gasteiger charge is 2.38. The Morgan fingerprint density at radius 1 is 1.30 bits per heavy atom. The molecule has 0 saturated heterocycles. The van der Waals surface area contributed by atoms with Crippen LogP contribution < -0.4 is 15.7 Å². The molecule has 0 unspecified atom stereocenters. The Kier molecular flexibility index (Phi) is 4.44. The first-order valence-electron chi connectivity index (χ1n) is 10.1. The third-order valence-electron chi connectivity index (χ3n) is 6.14. The van der Waals surface area contributed by atoms with Crippen molar-refractivity contribution in [1.29, 1.82) is 5.26 Å². The monoisotopic (exact) mass is 424 g/mol. The van der Waals surface area contributed by atoms with Crippen molar-refractivity contribution < 1.29 is 4.74 Å². The van der Waals surface area contributed by atoms with Crippen LogP contribution in [0.3, 0.4) is 0 Å². The number of aromatic nitrogens is 4. The molecule has 1 aliphatic carbocycles. The second kappa shape index (κ2) is 7.03. The van der Waals surface area contributed by atoms with Crippen LogP contribution in [-0.4, -0.2) is 25.7 Å². The molecule has 30 heavy (non-hydrogen) atoms. The molecular formula is C21H21ClN6O2. The Morgan fingerprint density at radius 2 is 2.10 bits per heavy atom. The van der Waals surface area contributed by atoms with E-state index >= 15 is 0 Å². The Bertz CT molecular complexity index is 1250. The van der Waals surface area contributed by atoms with Gasteiger partial charge in [0.05, 0.1) is 29.6 Å². The normalized spacial score (nSPS) is 17.4. The fraction of sp³-hybridized carbons (Fsp3) is 0.429. The number of ether oxygens (including phenoxy) is 1. The highest BCUT2D eigenvalue weighted by Crippen LogP contribution is 2.37. The summed E-state index contributed by atoms with van der Waals surface area (Å²) in [6, 6.07) is 6.15. The van der Waals surface area contributed by atoms with Crippen molar-refractivity contribution in [3.8, 4) is 11.8 Å². The zero-order valence-corrected chi connectivity index (χ0v) is 17.4. The van der Waals surface area contributed by atoms with E-state index in [2.05, 4.69) is 21.4 Å². The summed E-state index contributed by atoms with van der Waals surface area (Å²) >= 11 is 6.40. The summed E-state index contributed by atoms with van der Waals surface area (Å²) in [5.41, 5.74) is 1.70. The first kappa shape index (κ1) is 18.9. The first-order valence-corrected chi connectivity index (χ1v) is 10.5. The zero-order valence-electron chi connectivity index (χ0n) is 16.6. The second-order valence-corrected chi connectivity index (χ2v) is 8.35. The average Bonchev–Trinajstić information content (AvgIpc) is 3.31. The molecular weight excluding hydrogens is 404 g/mol. The lowest BCUT2D eigenvalue weighted by atomic mass is 9.82. The van der Waals surface area contributed by atoms with Crippen LogP contribution in [-0.2, 0) is 19.0 Å². The summed E-state index contributed by atoms with van der Waals surface area (Å²) in [6.07, 6.45) is 6.63. The lowest BCUT2D eigenvalue weighted by Crippen LogP contribution is -2.41. The Morgan fingerprint density at radius 3 is 2.87 bits per heavy atom. The molecule has 2 aromatic heterocycles. The molecule has 0 amide bonds. The molecule has 1 aliphatic heterocycles. The van der Waals surface area contributed by atoms with Gasteiger partial charge in [-0.3, -0.25) is 9.13 Å². The van der Waals surface area contributed by atoms with Crippen LogP contribution in [0.25, 0.3) is 11.2 Å². The number of halogens is 1. The standard InChI is InChI=1S/C21H21ClN6O2/c1-27-16-11-24-19(25-15-9-13-5-8-30-17(13)10-14(15)22)26-18(16)28(20(27)29)21(12-23)6-3-2-4-7-21/h9-11H,2-8H2,1H3,(H,24,25,26). The zero-order chi connectivity index (χ0) is 20.9. The van der Waals surface area contributed by atoms with Gasteiger partial charge < -0.3 is 10.1 Å². The molecule has 3 aromatic rings. The predicted octanol–water partition coefficient (Wildman–Crippen LogP) is 3.64. The molecule has 1 aromatic carbocycles. The fourth-order valence-electron chi connectivity index (χ4n) is 4.50. The summed E-state index contributed by atoms with van der Waals surface area (Å²) in [6.45, 7) is 0.643. The first-order chi connectivity index (χ1) is 14.5. The van der Waals surface area contributed by atoms with Crippen molar-refractivity contribution in [2.75, 3.05) is 11.9 Å². The van der Waals surface area contributed by atoms with Crippen LogP contribution in [0, 0.1) is 11.3 Å². The molecule has 8 nitrogen and oxygen atoms in total. The van der Waals surface area contributed by atoms with Gasteiger partial charge in [0.1, 0.15) is 16.8 Å². The van der Waals surface area contributed by atoms with Gasteiger partial charge in [-0.15, -0.1) is 0 Å². The molecule has 3 heterocycles. The highest BCUT2D eigenvalue weighted by atomic mass is 35.5.